The number of hydrogen-bond acceptors (Lipinski definition) is 3. The molecule has 4 nitrogen and oxygen atoms in total. The third-order valence-corrected chi connectivity index (χ3v) is 4.34. The summed E-state index contributed by atoms with van der Waals surface area (Å²) >= 11 is 0. The molecule has 0 bridgehead atoms. The summed E-state index contributed by atoms with van der Waals surface area (Å²) in [5, 5.41) is 6.28. The molecule has 4 rings (SSSR count). The van der Waals surface area contributed by atoms with E-state index in [2.05, 4.69) is 10.1 Å². The lowest BCUT2D eigenvalue weighted by molar-refractivity contribution is 0.0711. The molecule has 25 heavy (non-hydrogen) atoms. The Balaban J connectivity index is 1.73. The van der Waals surface area contributed by atoms with Crippen LogP contribution in [0, 0.1) is 0 Å². The summed E-state index contributed by atoms with van der Waals surface area (Å²) in [7, 11) is 0. The van der Waals surface area contributed by atoms with Crippen molar-refractivity contribution in [2.45, 2.75) is 12.5 Å². The molecule has 2 heterocycles. The molecule has 0 aliphatic carbocycles. The number of aromatic nitrogens is 1. The number of hydrogen-bond donors (Lipinski definition) is 0. The van der Waals surface area contributed by atoms with E-state index in [1.165, 1.54) is 0 Å². The smallest absolute Gasteiger partial charge is 0.267 e. The van der Waals surface area contributed by atoms with Crippen LogP contribution >= 0.6 is 0 Å². The van der Waals surface area contributed by atoms with Gasteiger partial charge in [-0.3, -0.25) is 9.78 Å². The number of carbonyl (C=O) groups excluding carboxylic acids is 1. The van der Waals surface area contributed by atoms with Gasteiger partial charge >= 0.3 is 0 Å². The van der Waals surface area contributed by atoms with Gasteiger partial charge in [-0.1, -0.05) is 60.7 Å². The largest absolute Gasteiger partial charge is 0.274 e. The van der Waals surface area contributed by atoms with Crippen LogP contribution in [-0.2, 0) is 0 Å². The molecule has 0 fully saturated rings. The van der Waals surface area contributed by atoms with E-state index in [1.54, 1.807) is 29.5 Å². The van der Waals surface area contributed by atoms with Crippen LogP contribution in [0.5, 0.6) is 0 Å². The Hall–Kier alpha value is -3.27. The van der Waals surface area contributed by atoms with E-state index in [-0.39, 0.29) is 11.9 Å². The fourth-order valence-corrected chi connectivity index (χ4v) is 3.06. The third kappa shape index (κ3) is 3.06. The van der Waals surface area contributed by atoms with E-state index in [1.807, 2.05) is 60.7 Å². The van der Waals surface area contributed by atoms with E-state index in [9.17, 15) is 4.79 Å². The average Bonchev–Trinajstić information content (AvgIpc) is 3.15. The molecule has 1 amide bonds. The Labute approximate surface area is 146 Å². The van der Waals surface area contributed by atoms with Crippen molar-refractivity contribution in [2.75, 3.05) is 0 Å². The van der Waals surface area contributed by atoms with E-state index in [0.717, 1.165) is 16.8 Å². The van der Waals surface area contributed by atoms with Crippen molar-refractivity contribution in [3.63, 3.8) is 0 Å². The minimum atomic E-state index is -0.109. The summed E-state index contributed by atoms with van der Waals surface area (Å²) in [6, 6.07) is 23.4. The van der Waals surface area contributed by atoms with E-state index >= 15 is 0 Å². The predicted molar refractivity (Wildman–Crippen MR) is 97.2 cm³/mol. The summed E-state index contributed by atoms with van der Waals surface area (Å²) in [4.78, 5) is 17.0. The standard InChI is InChI=1S/C21H17N3O/c25-21(18-11-13-22-14-12-18)24-20(17-9-5-2-6-10-17)15-19(23-24)16-7-3-1-4-8-16/h1-14,20H,15H2/t20-/m0/s1. The van der Waals surface area contributed by atoms with Crippen molar-refractivity contribution in [1.82, 2.24) is 9.99 Å². The molecule has 1 aliphatic heterocycles. The number of hydrazone groups is 1. The van der Waals surface area contributed by atoms with Crippen molar-refractivity contribution in [1.29, 1.82) is 0 Å². The summed E-state index contributed by atoms with van der Waals surface area (Å²) in [6.45, 7) is 0. The number of rotatable bonds is 3. The van der Waals surface area contributed by atoms with Gasteiger partial charge in [0.15, 0.2) is 0 Å². The first-order valence-corrected chi connectivity index (χ1v) is 8.24. The zero-order valence-electron chi connectivity index (χ0n) is 13.6. The van der Waals surface area contributed by atoms with Gasteiger partial charge in [0.2, 0.25) is 0 Å². The van der Waals surface area contributed by atoms with Gasteiger partial charge in [0.05, 0.1) is 11.8 Å². The van der Waals surface area contributed by atoms with Crippen molar-refractivity contribution >= 4 is 11.6 Å². The van der Waals surface area contributed by atoms with Crippen LogP contribution in [0.15, 0.2) is 90.3 Å². The first kappa shape index (κ1) is 15.3. The average molecular weight is 327 g/mol. The van der Waals surface area contributed by atoms with Crippen molar-refractivity contribution in [3.8, 4) is 0 Å². The normalized spacial score (nSPS) is 16.6. The Morgan fingerprint density at radius 3 is 2.20 bits per heavy atom. The highest BCUT2D eigenvalue weighted by Gasteiger charge is 2.33. The summed E-state index contributed by atoms with van der Waals surface area (Å²) in [5.41, 5.74) is 3.65. The van der Waals surface area contributed by atoms with Crippen molar-refractivity contribution < 1.29 is 4.79 Å². The topological polar surface area (TPSA) is 45.6 Å². The SMILES string of the molecule is O=C(c1ccncc1)N1N=C(c2ccccc2)C[C@H]1c1ccccc1. The molecule has 2 aromatic carbocycles. The van der Waals surface area contributed by atoms with Gasteiger partial charge in [0.25, 0.3) is 5.91 Å². The summed E-state index contributed by atoms with van der Waals surface area (Å²) < 4.78 is 0. The molecule has 0 radical (unpaired) electrons. The second kappa shape index (κ2) is 6.69. The maximum absolute atomic E-state index is 13.0. The number of amides is 1. The van der Waals surface area contributed by atoms with E-state index in [4.69, 9.17) is 0 Å². The molecule has 0 spiro atoms. The van der Waals surface area contributed by atoms with Crippen LogP contribution in [-0.4, -0.2) is 21.6 Å². The first-order valence-electron chi connectivity index (χ1n) is 8.24. The number of pyridine rings is 1. The van der Waals surface area contributed by atoms with Gasteiger partial charge in [0, 0.05) is 24.4 Å². The minimum Gasteiger partial charge on any atom is -0.267 e. The maximum Gasteiger partial charge on any atom is 0.274 e. The highest BCUT2D eigenvalue weighted by Crippen LogP contribution is 2.33. The van der Waals surface area contributed by atoms with Gasteiger partial charge in [-0.05, 0) is 23.3 Å². The highest BCUT2D eigenvalue weighted by molar-refractivity contribution is 6.05. The number of benzene rings is 2. The zero-order valence-corrected chi connectivity index (χ0v) is 13.6. The van der Waals surface area contributed by atoms with Gasteiger partial charge in [0.1, 0.15) is 0 Å². The third-order valence-electron chi connectivity index (χ3n) is 4.34. The van der Waals surface area contributed by atoms with Crippen molar-refractivity contribution in [3.05, 3.63) is 102 Å². The lowest BCUT2D eigenvalue weighted by Gasteiger charge is -2.22. The van der Waals surface area contributed by atoms with Gasteiger partial charge < -0.3 is 0 Å². The molecule has 122 valence electrons. The molecule has 0 N–H and O–H groups in total. The van der Waals surface area contributed by atoms with Crippen LogP contribution in [0.2, 0.25) is 0 Å². The molecular formula is C21H17N3O. The molecule has 1 atom stereocenters. The quantitative estimate of drug-likeness (QED) is 0.728. The minimum absolute atomic E-state index is 0.0999. The maximum atomic E-state index is 13.0. The van der Waals surface area contributed by atoms with Crippen molar-refractivity contribution in [2.24, 2.45) is 5.10 Å². The van der Waals surface area contributed by atoms with E-state index in [0.29, 0.717) is 12.0 Å². The second-order valence-electron chi connectivity index (χ2n) is 5.93. The second-order valence-corrected chi connectivity index (χ2v) is 5.93. The molecule has 1 aliphatic rings. The molecule has 0 unspecified atom stereocenters. The van der Waals surface area contributed by atoms with Crippen LogP contribution in [0.4, 0.5) is 0 Å². The Morgan fingerprint density at radius 1 is 0.880 bits per heavy atom. The molecule has 0 saturated heterocycles. The lowest BCUT2D eigenvalue weighted by Crippen LogP contribution is -2.27. The number of carbonyl (C=O) groups is 1. The zero-order chi connectivity index (χ0) is 17.1. The Kier molecular flexibility index (Phi) is 4.09. The monoisotopic (exact) mass is 327 g/mol. The fourth-order valence-electron chi connectivity index (χ4n) is 3.06. The fraction of sp³-hybridized carbons (Fsp3) is 0.0952. The van der Waals surface area contributed by atoms with Crippen LogP contribution in [0.1, 0.15) is 33.9 Å². The Morgan fingerprint density at radius 2 is 1.52 bits per heavy atom. The van der Waals surface area contributed by atoms with Crippen LogP contribution < -0.4 is 0 Å². The first-order chi connectivity index (χ1) is 12.3. The Bertz CT molecular complexity index is 892. The van der Waals surface area contributed by atoms with Gasteiger partial charge in [-0.15, -0.1) is 0 Å². The molecule has 3 aromatic rings. The molecule has 4 heteroatoms. The van der Waals surface area contributed by atoms with E-state index < -0.39 is 0 Å². The summed E-state index contributed by atoms with van der Waals surface area (Å²) in [5.74, 6) is -0.109. The van der Waals surface area contributed by atoms with Crippen LogP contribution in [0.25, 0.3) is 0 Å². The van der Waals surface area contributed by atoms with Gasteiger partial charge in [-0.25, -0.2) is 5.01 Å². The molecule has 0 saturated carbocycles. The predicted octanol–water partition coefficient (Wildman–Crippen LogP) is 4.07. The van der Waals surface area contributed by atoms with Gasteiger partial charge in [-0.2, -0.15) is 5.10 Å². The summed E-state index contributed by atoms with van der Waals surface area (Å²) in [6.07, 6.45) is 3.95. The molecular weight excluding hydrogens is 310 g/mol. The molecule has 1 aromatic heterocycles. The van der Waals surface area contributed by atoms with Crippen LogP contribution in [0.3, 0.4) is 0 Å². The number of nitrogens with zero attached hydrogens (tertiary/aromatic N) is 3. The highest BCUT2D eigenvalue weighted by atomic mass is 16.2. The lowest BCUT2D eigenvalue weighted by atomic mass is 9.98.